The highest BCUT2D eigenvalue weighted by Crippen LogP contribution is 2.38. The Morgan fingerprint density at radius 1 is 1.10 bits per heavy atom. The van der Waals surface area contributed by atoms with Gasteiger partial charge in [-0.3, -0.25) is 24.6 Å². The summed E-state index contributed by atoms with van der Waals surface area (Å²) in [5, 5.41) is 11.0. The molecule has 10 heteroatoms. The summed E-state index contributed by atoms with van der Waals surface area (Å²) in [7, 11) is 2.76. The van der Waals surface area contributed by atoms with Gasteiger partial charge in [0.1, 0.15) is 12.4 Å². The highest BCUT2D eigenvalue weighted by Gasteiger charge is 2.35. The summed E-state index contributed by atoms with van der Waals surface area (Å²) < 4.78 is 15.9. The van der Waals surface area contributed by atoms with E-state index in [0.717, 1.165) is 10.5 Å². The second kappa shape index (κ2) is 9.52. The highest BCUT2D eigenvalue weighted by molar-refractivity contribution is 8.18. The van der Waals surface area contributed by atoms with E-state index in [-0.39, 0.29) is 40.8 Å². The van der Waals surface area contributed by atoms with E-state index in [0.29, 0.717) is 17.5 Å². The van der Waals surface area contributed by atoms with Gasteiger partial charge in [0.2, 0.25) is 0 Å². The number of amides is 2. The second-order valence-corrected chi connectivity index (χ2v) is 7.51. The summed E-state index contributed by atoms with van der Waals surface area (Å²) in [6.45, 7) is 2.15. The van der Waals surface area contributed by atoms with Crippen molar-refractivity contribution in [1.82, 2.24) is 4.90 Å². The lowest BCUT2D eigenvalue weighted by molar-refractivity contribution is -0.385. The number of rotatable bonds is 8. The number of nitrogens with zero attached hydrogens (tertiary/aromatic N) is 2. The number of carbonyl (C=O) groups excluding carboxylic acids is 2. The van der Waals surface area contributed by atoms with Crippen molar-refractivity contribution in [2.24, 2.45) is 0 Å². The fraction of sp³-hybridized carbons (Fsp3) is 0.238. The van der Waals surface area contributed by atoms with E-state index >= 15 is 0 Å². The molecule has 1 heterocycles. The Hall–Kier alpha value is -3.53. The van der Waals surface area contributed by atoms with E-state index in [2.05, 4.69) is 0 Å². The molecule has 1 fully saturated rings. The Bertz CT molecular complexity index is 1050. The molecule has 1 saturated heterocycles. The Labute approximate surface area is 182 Å². The molecule has 3 rings (SSSR count). The molecule has 31 heavy (non-hydrogen) atoms. The fourth-order valence-electron chi connectivity index (χ4n) is 2.88. The van der Waals surface area contributed by atoms with E-state index < -0.39 is 16.1 Å². The number of hydrogen-bond acceptors (Lipinski definition) is 8. The van der Waals surface area contributed by atoms with Gasteiger partial charge in [0.15, 0.2) is 11.5 Å². The molecule has 0 unspecified atom stereocenters. The molecule has 0 bridgehead atoms. The van der Waals surface area contributed by atoms with Crippen LogP contribution in [0.25, 0.3) is 6.08 Å². The van der Waals surface area contributed by atoms with Crippen LogP contribution in [-0.2, 0) is 4.79 Å². The number of thioether (sulfide) groups is 1. The number of carbonyl (C=O) groups is 2. The average Bonchev–Trinajstić information content (AvgIpc) is 3.01. The Kier molecular flexibility index (Phi) is 6.81. The standard InChI is InChI=1S/C21H20N2O7S/c1-13-4-6-15(7-5-13)30-9-8-22-20(24)19(31-21(22)25)11-14-10-17(28-2)18(29-3)12-16(14)23(26)27/h4-7,10-12H,8-9H2,1-3H3/b19-11-. The number of imide groups is 1. The van der Waals surface area contributed by atoms with Crippen molar-refractivity contribution in [3.63, 3.8) is 0 Å². The van der Waals surface area contributed by atoms with Crippen LogP contribution in [0.5, 0.6) is 17.2 Å². The summed E-state index contributed by atoms with van der Waals surface area (Å²) in [6.07, 6.45) is 1.31. The fourth-order valence-corrected chi connectivity index (χ4v) is 3.74. The van der Waals surface area contributed by atoms with Gasteiger partial charge in [0, 0.05) is 0 Å². The molecule has 2 amide bonds. The number of methoxy groups -OCH3 is 2. The molecule has 1 aliphatic heterocycles. The van der Waals surface area contributed by atoms with Crippen LogP contribution in [-0.4, -0.2) is 48.3 Å². The largest absolute Gasteiger partial charge is 0.493 e. The number of nitro groups is 1. The van der Waals surface area contributed by atoms with E-state index in [1.54, 1.807) is 12.1 Å². The van der Waals surface area contributed by atoms with Gasteiger partial charge in [-0.1, -0.05) is 17.7 Å². The molecule has 0 saturated carbocycles. The molecule has 0 radical (unpaired) electrons. The SMILES string of the molecule is COc1cc(/C=C2\SC(=O)N(CCOc3ccc(C)cc3)C2=O)c([N+](=O)[O-])cc1OC. The van der Waals surface area contributed by atoms with Crippen LogP contribution in [0, 0.1) is 17.0 Å². The molecular formula is C21H20N2O7S. The number of aryl methyl sites for hydroxylation is 1. The molecule has 2 aromatic rings. The Morgan fingerprint density at radius 2 is 1.74 bits per heavy atom. The molecule has 0 atom stereocenters. The zero-order chi connectivity index (χ0) is 22.5. The normalized spacial score (nSPS) is 14.8. The molecule has 0 aromatic heterocycles. The first-order chi connectivity index (χ1) is 14.8. The van der Waals surface area contributed by atoms with Gasteiger partial charge < -0.3 is 14.2 Å². The lowest BCUT2D eigenvalue weighted by Gasteiger charge is -2.13. The first-order valence-electron chi connectivity index (χ1n) is 9.19. The van der Waals surface area contributed by atoms with Crippen LogP contribution < -0.4 is 14.2 Å². The smallest absolute Gasteiger partial charge is 0.293 e. The average molecular weight is 444 g/mol. The maximum atomic E-state index is 12.7. The summed E-state index contributed by atoms with van der Waals surface area (Å²) in [5.41, 5.74) is 0.948. The van der Waals surface area contributed by atoms with Gasteiger partial charge in [-0.25, -0.2) is 0 Å². The second-order valence-electron chi connectivity index (χ2n) is 6.52. The minimum atomic E-state index is -0.590. The summed E-state index contributed by atoms with van der Waals surface area (Å²) in [5.74, 6) is 0.554. The molecule has 0 N–H and O–H groups in total. The summed E-state index contributed by atoms with van der Waals surface area (Å²) in [6, 6.07) is 10.0. The minimum absolute atomic E-state index is 0.0594. The van der Waals surface area contributed by atoms with Crippen LogP contribution in [0.15, 0.2) is 41.3 Å². The predicted molar refractivity (Wildman–Crippen MR) is 116 cm³/mol. The first-order valence-corrected chi connectivity index (χ1v) is 10.0. The lowest BCUT2D eigenvalue weighted by Crippen LogP contribution is -2.32. The van der Waals surface area contributed by atoms with Crippen LogP contribution in [0.4, 0.5) is 10.5 Å². The maximum Gasteiger partial charge on any atom is 0.293 e. The van der Waals surface area contributed by atoms with E-state index in [1.165, 1.54) is 32.4 Å². The first kappa shape index (κ1) is 22.2. The molecule has 1 aliphatic rings. The van der Waals surface area contributed by atoms with Gasteiger partial charge in [-0.05, 0) is 43.0 Å². The monoisotopic (exact) mass is 444 g/mol. The number of ether oxygens (including phenoxy) is 3. The zero-order valence-electron chi connectivity index (χ0n) is 17.1. The molecule has 2 aromatic carbocycles. The maximum absolute atomic E-state index is 12.7. The zero-order valence-corrected chi connectivity index (χ0v) is 17.9. The quantitative estimate of drug-likeness (QED) is 0.341. The number of benzene rings is 2. The molecule has 9 nitrogen and oxygen atoms in total. The van der Waals surface area contributed by atoms with Crippen molar-refractivity contribution in [2.45, 2.75) is 6.92 Å². The summed E-state index contributed by atoms with van der Waals surface area (Å²) >= 11 is 0.717. The van der Waals surface area contributed by atoms with E-state index in [1.807, 2.05) is 19.1 Å². The van der Waals surface area contributed by atoms with Gasteiger partial charge in [-0.2, -0.15) is 0 Å². The lowest BCUT2D eigenvalue weighted by atomic mass is 10.1. The number of hydrogen-bond donors (Lipinski definition) is 0. The number of nitro benzene ring substituents is 1. The van der Waals surface area contributed by atoms with Crippen LogP contribution in [0.3, 0.4) is 0 Å². The third-order valence-electron chi connectivity index (χ3n) is 4.49. The van der Waals surface area contributed by atoms with Crippen molar-refractivity contribution >= 4 is 34.7 Å². The van der Waals surface area contributed by atoms with Crippen molar-refractivity contribution in [3.05, 3.63) is 62.5 Å². The van der Waals surface area contributed by atoms with Crippen LogP contribution >= 0.6 is 11.8 Å². The minimum Gasteiger partial charge on any atom is -0.493 e. The van der Waals surface area contributed by atoms with Crippen molar-refractivity contribution < 1.29 is 28.7 Å². The Morgan fingerprint density at radius 3 is 2.35 bits per heavy atom. The van der Waals surface area contributed by atoms with E-state index in [4.69, 9.17) is 14.2 Å². The van der Waals surface area contributed by atoms with Gasteiger partial charge in [-0.15, -0.1) is 0 Å². The highest BCUT2D eigenvalue weighted by atomic mass is 32.2. The van der Waals surface area contributed by atoms with Gasteiger partial charge in [0.05, 0.1) is 42.2 Å². The van der Waals surface area contributed by atoms with Gasteiger partial charge >= 0.3 is 0 Å². The third kappa shape index (κ3) is 4.97. The summed E-state index contributed by atoms with van der Waals surface area (Å²) in [4.78, 5) is 37.0. The molecular weight excluding hydrogens is 424 g/mol. The molecule has 0 aliphatic carbocycles. The topological polar surface area (TPSA) is 108 Å². The van der Waals surface area contributed by atoms with Crippen LogP contribution in [0.2, 0.25) is 0 Å². The molecule has 0 spiro atoms. The van der Waals surface area contributed by atoms with Crippen LogP contribution in [0.1, 0.15) is 11.1 Å². The Balaban J connectivity index is 1.78. The predicted octanol–water partition coefficient (Wildman–Crippen LogP) is 4.04. The van der Waals surface area contributed by atoms with Crippen molar-refractivity contribution in [2.75, 3.05) is 27.4 Å². The van der Waals surface area contributed by atoms with Gasteiger partial charge in [0.25, 0.3) is 16.8 Å². The molecule has 162 valence electrons. The van der Waals surface area contributed by atoms with Crippen molar-refractivity contribution in [1.29, 1.82) is 0 Å². The third-order valence-corrected chi connectivity index (χ3v) is 5.40. The van der Waals surface area contributed by atoms with E-state index in [9.17, 15) is 19.7 Å². The van der Waals surface area contributed by atoms with Crippen molar-refractivity contribution in [3.8, 4) is 17.2 Å².